The minimum atomic E-state index is 0.239. The van der Waals surface area contributed by atoms with E-state index < -0.39 is 0 Å². The monoisotopic (exact) mass is 380 g/mol. The summed E-state index contributed by atoms with van der Waals surface area (Å²) in [5.41, 5.74) is 2.71. The second kappa shape index (κ2) is 8.91. The minimum absolute atomic E-state index is 0.239. The molecule has 5 nitrogen and oxygen atoms in total. The smallest absolute Gasteiger partial charge is 0.219 e. The van der Waals surface area contributed by atoms with Crippen LogP contribution in [0, 0.1) is 11.8 Å². The van der Waals surface area contributed by atoms with E-state index in [1.807, 2.05) is 28.0 Å². The zero-order chi connectivity index (χ0) is 19.3. The van der Waals surface area contributed by atoms with E-state index >= 15 is 0 Å². The van der Waals surface area contributed by atoms with Crippen LogP contribution in [-0.2, 0) is 17.9 Å². The number of hydrogen-bond donors (Lipinski definition) is 0. The number of rotatable bonds is 5. The highest BCUT2D eigenvalue weighted by molar-refractivity contribution is 5.73. The first-order valence-electron chi connectivity index (χ1n) is 10.7. The molecule has 1 amide bonds. The standard InChI is InChI=1S/C23H32N4O/c1-19(28)26-14-8-23(9-15-26)22-6-12-25(13-7-22)17-20-4-2-5-21(16-20)18-27-11-3-10-24-27/h2-5,10-11,16,22-23H,6-9,12-15,17-18H2,1H3. The molecule has 0 aliphatic carbocycles. The normalized spacial score (nSPS) is 19.8. The molecule has 1 aromatic carbocycles. The van der Waals surface area contributed by atoms with Gasteiger partial charge in [-0.3, -0.25) is 14.4 Å². The van der Waals surface area contributed by atoms with Crippen LogP contribution in [0.3, 0.4) is 0 Å². The van der Waals surface area contributed by atoms with Gasteiger partial charge in [-0.05, 0) is 67.8 Å². The van der Waals surface area contributed by atoms with E-state index in [2.05, 4.69) is 34.3 Å². The van der Waals surface area contributed by atoms with Crippen LogP contribution in [0.25, 0.3) is 0 Å². The molecular weight excluding hydrogens is 348 g/mol. The van der Waals surface area contributed by atoms with Crippen LogP contribution in [-0.4, -0.2) is 51.7 Å². The van der Waals surface area contributed by atoms with Gasteiger partial charge in [0.15, 0.2) is 0 Å². The lowest BCUT2D eigenvalue weighted by Gasteiger charge is -2.40. The van der Waals surface area contributed by atoms with E-state index in [1.165, 1.54) is 49.9 Å². The Morgan fingerprint density at radius 1 is 0.964 bits per heavy atom. The molecule has 4 rings (SSSR count). The van der Waals surface area contributed by atoms with Gasteiger partial charge >= 0.3 is 0 Å². The average Bonchev–Trinajstić information content (AvgIpc) is 3.22. The van der Waals surface area contributed by atoms with Crippen molar-refractivity contribution in [3.63, 3.8) is 0 Å². The highest BCUT2D eigenvalue weighted by Crippen LogP contribution is 2.32. The number of carbonyl (C=O) groups excluding carboxylic acids is 1. The van der Waals surface area contributed by atoms with Crippen molar-refractivity contribution in [2.75, 3.05) is 26.2 Å². The fraction of sp³-hybridized carbons (Fsp3) is 0.565. The number of piperidine rings is 2. The van der Waals surface area contributed by atoms with Gasteiger partial charge < -0.3 is 4.90 Å². The number of amides is 1. The Balaban J connectivity index is 1.25. The van der Waals surface area contributed by atoms with E-state index in [-0.39, 0.29) is 5.91 Å². The summed E-state index contributed by atoms with van der Waals surface area (Å²) in [6.07, 6.45) is 8.84. The Hall–Kier alpha value is -2.14. The lowest BCUT2D eigenvalue weighted by Crippen LogP contribution is -2.42. The molecule has 2 aromatic rings. The van der Waals surface area contributed by atoms with Crippen LogP contribution in [0.5, 0.6) is 0 Å². The number of hydrogen-bond acceptors (Lipinski definition) is 3. The Morgan fingerprint density at radius 2 is 1.61 bits per heavy atom. The Morgan fingerprint density at radius 3 is 2.21 bits per heavy atom. The molecule has 0 saturated carbocycles. The number of likely N-dealkylation sites (tertiary alicyclic amines) is 2. The molecule has 150 valence electrons. The quantitative estimate of drug-likeness (QED) is 0.798. The second-order valence-electron chi connectivity index (χ2n) is 8.48. The summed E-state index contributed by atoms with van der Waals surface area (Å²) in [5.74, 6) is 1.90. The first-order chi connectivity index (χ1) is 13.7. The van der Waals surface area contributed by atoms with Gasteiger partial charge in [0.05, 0.1) is 6.54 Å². The van der Waals surface area contributed by atoms with Gasteiger partial charge in [0.2, 0.25) is 5.91 Å². The summed E-state index contributed by atoms with van der Waals surface area (Å²) >= 11 is 0. The van der Waals surface area contributed by atoms with Crippen molar-refractivity contribution in [1.82, 2.24) is 19.6 Å². The van der Waals surface area contributed by atoms with Crippen LogP contribution in [0.4, 0.5) is 0 Å². The summed E-state index contributed by atoms with van der Waals surface area (Å²) in [6, 6.07) is 10.9. The van der Waals surface area contributed by atoms with Crippen molar-refractivity contribution in [3.8, 4) is 0 Å². The lowest BCUT2D eigenvalue weighted by atomic mass is 9.78. The molecule has 2 fully saturated rings. The van der Waals surface area contributed by atoms with Crippen molar-refractivity contribution in [2.45, 2.75) is 45.7 Å². The Bertz CT molecular complexity index is 757. The van der Waals surface area contributed by atoms with E-state index in [1.54, 1.807) is 6.92 Å². The summed E-state index contributed by atoms with van der Waals surface area (Å²) in [4.78, 5) is 16.1. The molecule has 0 spiro atoms. The number of aromatic nitrogens is 2. The van der Waals surface area contributed by atoms with Gasteiger partial charge in [0, 0.05) is 39.0 Å². The Labute approximate surface area is 168 Å². The first-order valence-corrected chi connectivity index (χ1v) is 10.7. The third kappa shape index (κ3) is 4.82. The highest BCUT2D eigenvalue weighted by Gasteiger charge is 2.30. The fourth-order valence-electron chi connectivity index (χ4n) is 4.93. The zero-order valence-electron chi connectivity index (χ0n) is 17.0. The molecule has 0 bridgehead atoms. The van der Waals surface area contributed by atoms with Gasteiger partial charge in [-0.15, -0.1) is 0 Å². The number of benzene rings is 1. The molecule has 0 atom stereocenters. The van der Waals surface area contributed by atoms with Crippen LogP contribution in [0.2, 0.25) is 0 Å². The molecule has 2 aliphatic rings. The van der Waals surface area contributed by atoms with Gasteiger partial charge in [0.1, 0.15) is 0 Å². The summed E-state index contributed by atoms with van der Waals surface area (Å²) in [6.45, 7) is 7.89. The molecule has 2 saturated heterocycles. The Kier molecular flexibility index (Phi) is 6.10. The average molecular weight is 381 g/mol. The van der Waals surface area contributed by atoms with Crippen molar-refractivity contribution >= 4 is 5.91 Å². The van der Waals surface area contributed by atoms with Crippen LogP contribution in [0.1, 0.15) is 43.7 Å². The maximum atomic E-state index is 11.5. The highest BCUT2D eigenvalue weighted by atomic mass is 16.2. The maximum Gasteiger partial charge on any atom is 0.219 e. The third-order valence-corrected chi connectivity index (χ3v) is 6.59. The van der Waals surface area contributed by atoms with Crippen molar-refractivity contribution in [3.05, 3.63) is 53.9 Å². The first kappa shape index (κ1) is 19.2. The lowest BCUT2D eigenvalue weighted by molar-refractivity contribution is -0.130. The molecule has 1 aromatic heterocycles. The predicted octanol–water partition coefficient (Wildman–Crippen LogP) is 3.40. The van der Waals surface area contributed by atoms with Gasteiger partial charge in [-0.1, -0.05) is 24.3 Å². The molecule has 0 unspecified atom stereocenters. The molecular formula is C23H32N4O. The summed E-state index contributed by atoms with van der Waals surface area (Å²) < 4.78 is 1.97. The van der Waals surface area contributed by atoms with E-state index in [9.17, 15) is 4.79 Å². The SMILES string of the molecule is CC(=O)N1CCC(C2CCN(Cc3cccc(Cn4cccn4)c3)CC2)CC1. The second-order valence-corrected chi connectivity index (χ2v) is 8.48. The topological polar surface area (TPSA) is 41.4 Å². The van der Waals surface area contributed by atoms with Crippen LogP contribution < -0.4 is 0 Å². The van der Waals surface area contributed by atoms with Crippen molar-refractivity contribution < 1.29 is 4.79 Å². The molecule has 2 aliphatic heterocycles. The molecule has 28 heavy (non-hydrogen) atoms. The molecule has 3 heterocycles. The minimum Gasteiger partial charge on any atom is -0.343 e. The zero-order valence-corrected chi connectivity index (χ0v) is 17.0. The summed E-state index contributed by atoms with van der Waals surface area (Å²) in [7, 11) is 0. The third-order valence-electron chi connectivity index (χ3n) is 6.59. The molecule has 0 radical (unpaired) electrons. The molecule has 5 heteroatoms. The van der Waals surface area contributed by atoms with E-state index in [4.69, 9.17) is 0 Å². The van der Waals surface area contributed by atoms with Gasteiger partial charge in [-0.2, -0.15) is 5.10 Å². The van der Waals surface area contributed by atoms with Crippen molar-refractivity contribution in [1.29, 1.82) is 0 Å². The fourth-order valence-corrected chi connectivity index (χ4v) is 4.93. The number of nitrogens with zero attached hydrogens (tertiary/aromatic N) is 4. The van der Waals surface area contributed by atoms with Gasteiger partial charge in [0.25, 0.3) is 0 Å². The van der Waals surface area contributed by atoms with Crippen molar-refractivity contribution in [2.24, 2.45) is 11.8 Å². The number of carbonyl (C=O) groups is 1. The summed E-state index contributed by atoms with van der Waals surface area (Å²) in [5, 5.41) is 4.31. The van der Waals surface area contributed by atoms with E-state index in [0.29, 0.717) is 0 Å². The van der Waals surface area contributed by atoms with Crippen LogP contribution >= 0.6 is 0 Å². The predicted molar refractivity (Wildman–Crippen MR) is 111 cm³/mol. The molecule has 0 N–H and O–H groups in total. The van der Waals surface area contributed by atoms with E-state index in [0.717, 1.165) is 38.0 Å². The largest absolute Gasteiger partial charge is 0.343 e. The van der Waals surface area contributed by atoms with Gasteiger partial charge in [-0.25, -0.2) is 0 Å². The van der Waals surface area contributed by atoms with Crippen LogP contribution in [0.15, 0.2) is 42.7 Å². The maximum absolute atomic E-state index is 11.5.